The molecule has 2 N–H and O–H groups in total. The number of hydrogen-bond acceptors (Lipinski definition) is 2. The molecular formula is C31H51FO3. The molecule has 0 saturated heterocycles. The second kappa shape index (κ2) is 8.84. The third-order valence-electron chi connectivity index (χ3n) is 12.2. The number of hydrogen-bond donors (Lipinski definition) is 2. The summed E-state index contributed by atoms with van der Waals surface area (Å²) in [6.45, 7) is 15.6. The van der Waals surface area contributed by atoms with Crippen LogP contribution in [0.4, 0.5) is 4.39 Å². The Morgan fingerprint density at radius 3 is 2.29 bits per heavy atom. The first-order valence-corrected chi connectivity index (χ1v) is 14.5. The van der Waals surface area contributed by atoms with E-state index < -0.39 is 17.2 Å². The van der Waals surface area contributed by atoms with E-state index in [-0.39, 0.29) is 35.0 Å². The molecule has 4 rings (SSSR count). The van der Waals surface area contributed by atoms with E-state index in [4.69, 9.17) is 0 Å². The number of fused-ring (bicyclic) bond motifs is 4. The van der Waals surface area contributed by atoms with Crippen LogP contribution < -0.4 is 0 Å². The Labute approximate surface area is 213 Å². The highest BCUT2D eigenvalue weighted by molar-refractivity contribution is 5.69. The highest BCUT2D eigenvalue weighted by atomic mass is 19.2. The molecule has 0 spiro atoms. The predicted octanol–water partition coefficient (Wildman–Crippen LogP) is 8.31. The van der Waals surface area contributed by atoms with E-state index in [9.17, 15) is 15.0 Å². The number of carboxylic acid groups (broad SMARTS) is 1. The lowest BCUT2D eigenvalue weighted by Crippen LogP contribution is -2.59. The van der Waals surface area contributed by atoms with Gasteiger partial charge >= 0.3 is 5.97 Å². The zero-order chi connectivity index (χ0) is 26.0. The largest absolute Gasteiger partial charge is 0.481 e. The number of aliphatic carboxylic acids is 1. The molecule has 4 heteroatoms. The summed E-state index contributed by atoms with van der Waals surface area (Å²) in [5, 5.41) is 20.8. The summed E-state index contributed by atoms with van der Waals surface area (Å²) in [6.07, 6.45) is 10.7. The van der Waals surface area contributed by atoms with Crippen molar-refractivity contribution in [3.8, 4) is 0 Å². The Bertz CT molecular complexity index is 872. The first kappa shape index (κ1) is 27.1. The molecule has 200 valence electrons. The highest BCUT2D eigenvalue weighted by Crippen LogP contribution is 2.74. The molecule has 3 nitrogen and oxygen atoms in total. The van der Waals surface area contributed by atoms with Gasteiger partial charge in [0, 0.05) is 17.3 Å². The lowest BCUT2D eigenvalue weighted by Gasteiger charge is -2.63. The summed E-state index contributed by atoms with van der Waals surface area (Å²) in [5.74, 6) is -0.831. The zero-order valence-corrected chi connectivity index (χ0v) is 23.5. The Morgan fingerprint density at radius 1 is 0.971 bits per heavy atom. The van der Waals surface area contributed by atoms with Crippen molar-refractivity contribution in [1.82, 2.24) is 0 Å². The Hall–Kier alpha value is -0.900. The normalized spacial score (nSPS) is 43.5. The molecule has 7 atom stereocenters. The summed E-state index contributed by atoms with van der Waals surface area (Å²) in [6, 6.07) is 0. The first-order chi connectivity index (χ1) is 16.1. The van der Waals surface area contributed by atoms with Crippen molar-refractivity contribution in [3.63, 3.8) is 0 Å². The van der Waals surface area contributed by atoms with Gasteiger partial charge in [0.05, 0.1) is 6.42 Å². The van der Waals surface area contributed by atoms with Gasteiger partial charge in [0.25, 0.3) is 0 Å². The average molecular weight is 491 g/mol. The molecule has 35 heavy (non-hydrogen) atoms. The van der Waals surface area contributed by atoms with Crippen molar-refractivity contribution < 1.29 is 19.4 Å². The third kappa shape index (κ3) is 3.94. The summed E-state index contributed by atoms with van der Waals surface area (Å²) in [5.41, 5.74) is 1.67. The van der Waals surface area contributed by atoms with Crippen LogP contribution in [0.2, 0.25) is 0 Å². The molecule has 0 radical (unpaired) electrons. The number of halogens is 1. The van der Waals surface area contributed by atoms with Gasteiger partial charge in [-0.15, -0.1) is 0 Å². The van der Waals surface area contributed by atoms with E-state index in [1.165, 1.54) is 30.4 Å². The maximum atomic E-state index is 15.3. The summed E-state index contributed by atoms with van der Waals surface area (Å²) < 4.78 is 15.3. The summed E-state index contributed by atoms with van der Waals surface area (Å²) in [4.78, 5) is 12.4. The minimum Gasteiger partial charge on any atom is -0.481 e. The molecular weight excluding hydrogens is 439 g/mol. The lowest BCUT2D eigenvalue weighted by atomic mass is 9.42. The predicted molar refractivity (Wildman–Crippen MR) is 140 cm³/mol. The molecule has 0 aromatic carbocycles. The molecule has 0 aromatic heterocycles. The monoisotopic (exact) mass is 490 g/mol. The van der Waals surface area contributed by atoms with Crippen molar-refractivity contribution in [3.05, 3.63) is 11.1 Å². The second-order valence-corrected chi connectivity index (χ2v) is 14.5. The SMILES string of the molecule is CC(C)CCC[C@@H](C)[C@H]1CC[C@@]2(CC(=O)O)C3=C(CC[C@]12C)[C@@]1(C)CC[C@@](O)(F)C(C)(C)C1CC3. The van der Waals surface area contributed by atoms with Crippen LogP contribution in [-0.2, 0) is 4.79 Å². The molecule has 0 aromatic rings. The van der Waals surface area contributed by atoms with E-state index in [2.05, 4.69) is 34.6 Å². The minimum atomic E-state index is -2.14. The van der Waals surface area contributed by atoms with E-state index in [1.807, 2.05) is 13.8 Å². The molecule has 4 aliphatic carbocycles. The van der Waals surface area contributed by atoms with Crippen molar-refractivity contribution >= 4 is 5.97 Å². The summed E-state index contributed by atoms with van der Waals surface area (Å²) >= 11 is 0. The van der Waals surface area contributed by atoms with Crippen molar-refractivity contribution in [2.24, 2.45) is 45.3 Å². The maximum Gasteiger partial charge on any atom is 0.304 e. The number of aliphatic hydroxyl groups is 1. The quantitative estimate of drug-likeness (QED) is 0.353. The molecule has 2 saturated carbocycles. The number of carboxylic acids is 1. The van der Waals surface area contributed by atoms with Gasteiger partial charge in [-0.3, -0.25) is 4.79 Å². The third-order valence-corrected chi connectivity index (χ3v) is 12.2. The fourth-order valence-corrected chi connectivity index (χ4v) is 10.1. The Balaban J connectivity index is 1.73. The molecule has 0 aliphatic heterocycles. The van der Waals surface area contributed by atoms with Crippen LogP contribution in [-0.4, -0.2) is 22.0 Å². The minimum absolute atomic E-state index is 0.00960. The highest BCUT2D eigenvalue weighted by Gasteiger charge is 2.67. The van der Waals surface area contributed by atoms with Gasteiger partial charge in [-0.05, 0) is 79.4 Å². The molecule has 0 bridgehead atoms. The molecule has 0 heterocycles. The van der Waals surface area contributed by atoms with Crippen molar-refractivity contribution in [1.29, 1.82) is 0 Å². The smallest absolute Gasteiger partial charge is 0.304 e. The van der Waals surface area contributed by atoms with Crippen LogP contribution in [0.15, 0.2) is 11.1 Å². The van der Waals surface area contributed by atoms with Gasteiger partial charge in [0.2, 0.25) is 5.85 Å². The standard InChI is InChI=1S/C31H51FO3/c1-20(2)9-8-10-21(3)22-14-16-30(19-26(33)34)24-11-12-25-27(4,5)31(32,35)18-17-28(25,6)23(24)13-15-29(22,30)7/h20-22,25,35H,8-19H2,1-7H3,(H,33,34)/t21-,22-,25?,28-,29-,30-,31+/m1/s1. The molecule has 1 unspecified atom stereocenters. The van der Waals surface area contributed by atoms with Gasteiger partial charge in [0.1, 0.15) is 0 Å². The second-order valence-electron chi connectivity index (χ2n) is 14.5. The number of carbonyl (C=O) groups is 1. The fraction of sp³-hybridized carbons (Fsp3) is 0.903. The van der Waals surface area contributed by atoms with Crippen molar-refractivity contribution in [2.45, 2.75) is 131 Å². The van der Waals surface area contributed by atoms with Crippen LogP contribution in [0.3, 0.4) is 0 Å². The van der Waals surface area contributed by atoms with Crippen LogP contribution in [0, 0.1) is 45.3 Å². The Kier molecular flexibility index (Phi) is 6.86. The van der Waals surface area contributed by atoms with Gasteiger partial charge in [0.15, 0.2) is 0 Å². The lowest BCUT2D eigenvalue weighted by molar-refractivity contribution is -0.242. The zero-order valence-electron chi connectivity index (χ0n) is 23.5. The summed E-state index contributed by atoms with van der Waals surface area (Å²) in [7, 11) is 0. The van der Waals surface area contributed by atoms with E-state index >= 15 is 4.39 Å². The first-order valence-electron chi connectivity index (χ1n) is 14.5. The topological polar surface area (TPSA) is 57.5 Å². The van der Waals surface area contributed by atoms with Crippen LogP contribution in [0.1, 0.15) is 126 Å². The number of allylic oxidation sites excluding steroid dienone is 2. The molecule has 0 amide bonds. The maximum absolute atomic E-state index is 15.3. The van der Waals surface area contributed by atoms with Gasteiger partial charge in [-0.2, -0.15) is 0 Å². The number of alkyl halides is 1. The fourth-order valence-electron chi connectivity index (χ4n) is 10.1. The van der Waals surface area contributed by atoms with Gasteiger partial charge < -0.3 is 10.2 Å². The Morgan fingerprint density at radius 2 is 1.66 bits per heavy atom. The van der Waals surface area contributed by atoms with Crippen LogP contribution in [0.5, 0.6) is 0 Å². The average Bonchev–Trinajstić information content (AvgIpc) is 3.03. The van der Waals surface area contributed by atoms with Crippen LogP contribution >= 0.6 is 0 Å². The molecule has 4 aliphatic rings. The van der Waals surface area contributed by atoms with Gasteiger partial charge in [-0.25, -0.2) is 4.39 Å². The number of rotatable bonds is 7. The molecule has 2 fully saturated rings. The van der Waals surface area contributed by atoms with E-state index in [1.54, 1.807) is 0 Å². The van der Waals surface area contributed by atoms with Crippen molar-refractivity contribution in [2.75, 3.05) is 0 Å². The van der Waals surface area contributed by atoms with E-state index in [0.717, 1.165) is 44.4 Å². The van der Waals surface area contributed by atoms with E-state index in [0.29, 0.717) is 18.3 Å². The van der Waals surface area contributed by atoms with Gasteiger partial charge in [-0.1, -0.05) is 78.9 Å². The van der Waals surface area contributed by atoms with Crippen LogP contribution in [0.25, 0.3) is 0 Å².